The van der Waals surface area contributed by atoms with E-state index in [4.69, 9.17) is 9.47 Å². The maximum absolute atomic E-state index is 14.6. The third-order valence-electron chi connectivity index (χ3n) is 10.3. The molecule has 7 atom stereocenters. The molecule has 12 nitrogen and oxygen atoms in total. The number of anilines is 1. The van der Waals surface area contributed by atoms with Gasteiger partial charge >= 0.3 is 0 Å². The number of ether oxygens (including phenoxy) is 2. The summed E-state index contributed by atoms with van der Waals surface area (Å²) in [6.07, 6.45) is 2.18. The quantitative estimate of drug-likeness (QED) is 0.281. The molecule has 0 radical (unpaired) electrons. The number of benzene rings is 2. The number of hydrogen-bond donors (Lipinski definition) is 3. The molecule has 3 aliphatic heterocycles. The van der Waals surface area contributed by atoms with Crippen LogP contribution < -0.4 is 15.4 Å². The van der Waals surface area contributed by atoms with Gasteiger partial charge in [0, 0.05) is 5.69 Å². The van der Waals surface area contributed by atoms with Crippen LogP contribution in [0.25, 0.3) is 11.0 Å². The van der Waals surface area contributed by atoms with E-state index in [1.54, 1.807) is 28.9 Å². The number of aliphatic hydroxyl groups excluding tert-OH is 1. The molecule has 3 amide bonds. The summed E-state index contributed by atoms with van der Waals surface area (Å²) in [5.41, 5.74) is -0.0770. The van der Waals surface area contributed by atoms with E-state index in [1.807, 2.05) is 52.0 Å². The van der Waals surface area contributed by atoms with Crippen LogP contribution in [0.3, 0.4) is 0 Å². The Balaban J connectivity index is 1.34. The van der Waals surface area contributed by atoms with Crippen LogP contribution in [0.4, 0.5) is 5.69 Å². The predicted octanol–water partition coefficient (Wildman–Crippen LogP) is 3.10. The Kier molecular flexibility index (Phi) is 8.30. The van der Waals surface area contributed by atoms with Gasteiger partial charge in [-0.05, 0) is 68.5 Å². The molecular formula is C33H42N6O6. The second kappa shape index (κ2) is 12.1. The zero-order chi connectivity index (χ0) is 31.9. The van der Waals surface area contributed by atoms with Gasteiger partial charge in [0.15, 0.2) is 0 Å². The maximum Gasteiger partial charge on any atom is 0.247 e. The Morgan fingerprint density at radius 2 is 1.87 bits per heavy atom. The summed E-state index contributed by atoms with van der Waals surface area (Å²) >= 11 is 0. The van der Waals surface area contributed by atoms with Gasteiger partial charge in [-0.2, -0.15) is 0 Å². The summed E-state index contributed by atoms with van der Waals surface area (Å²) in [4.78, 5) is 44.5. The van der Waals surface area contributed by atoms with Crippen LogP contribution >= 0.6 is 0 Å². The van der Waals surface area contributed by atoms with E-state index in [2.05, 4.69) is 20.9 Å². The van der Waals surface area contributed by atoms with E-state index in [1.165, 1.54) is 4.90 Å². The zero-order valence-corrected chi connectivity index (χ0v) is 26.2. The number of nitrogens with zero attached hydrogens (tertiary/aromatic N) is 4. The van der Waals surface area contributed by atoms with Gasteiger partial charge in [-0.1, -0.05) is 44.5 Å². The normalized spacial score (nSPS) is 28.2. The highest BCUT2D eigenvalue weighted by atomic mass is 16.5. The first kappa shape index (κ1) is 31.0. The van der Waals surface area contributed by atoms with Gasteiger partial charge < -0.3 is 30.1 Å². The number of aliphatic hydroxyl groups is 1. The van der Waals surface area contributed by atoms with Crippen molar-refractivity contribution in [2.24, 2.45) is 17.8 Å². The number of nitrogens with one attached hydrogen (secondary N) is 2. The summed E-state index contributed by atoms with van der Waals surface area (Å²) < 4.78 is 14.0. The summed E-state index contributed by atoms with van der Waals surface area (Å²) in [5.74, 6) is -2.16. The number of likely N-dealkylation sites (tertiary alicyclic amines) is 1. The highest BCUT2D eigenvalue weighted by Crippen LogP contribution is 2.64. The summed E-state index contributed by atoms with van der Waals surface area (Å²) in [6, 6.07) is 12.9. The lowest BCUT2D eigenvalue weighted by Gasteiger charge is -2.39. The number of rotatable bonds is 12. The number of carbonyl (C=O) groups is 3. The lowest BCUT2D eigenvalue weighted by molar-refractivity contribution is -0.151. The summed E-state index contributed by atoms with van der Waals surface area (Å²) in [6.45, 7) is 8.05. The summed E-state index contributed by atoms with van der Waals surface area (Å²) in [5, 5.41) is 24.9. The van der Waals surface area contributed by atoms with E-state index < -0.39 is 41.0 Å². The van der Waals surface area contributed by atoms with Crippen LogP contribution in [0, 0.1) is 17.8 Å². The molecule has 240 valence electrons. The van der Waals surface area contributed by atoms with Crippen molar-refractivity contribution in [3.05, 3.63) is 48.5 Å². The van der Waals surface area contributed by atoms with Crippen molar-refractivity contribution in [2.45, 2.75) is 83.3 Å². The second-order valence-corrected chi connectivity index (χ2v) is 12.4. The molecule has 3 aromatic rings. The lowest BCUT2D eigenvalue weighted by Crippen LogP contribution is -2.59. The first-order valence-corrected chi connectivity index (χ1v) is 16.0. The van der Waals surface area contributed by atoms with E-state index in [0.717, 1.165) is 5.52 Å². The number of amides is 3. The molecule has 3 fully saturated rings. The van der Waals surface area contributed by atoms with Gasteiger partial charge in [-0.25, -0.2) is 4.68 Å². The zero-order valence-electron chi connectivity index (χ0n) is 26.2. The minimum atomic E-state index is -1.22. The molecule has 3 aliphatic rings. The van der Waals surface area contributed by atoms with Gasteiger partial charge in [0.2, 0.25) is 17.7 Å². The fourth-order valence-electron chi connectivity index (χ4n) is 7.83. The van der Waals surface area contributed by atoms with Gasteiger partial charge in [0.1, 0.15) is 29.6 Å². The molecule has 0 saturated carbocycles. The van der Waals surface area contributed by atoms with E-state index in [-0.39, 0.29) is 31.0 Å². The number of fused-ring (bicyclic) bond motifs is 2. The number of hydrogen-bond acceptors (Lipinski definition) is 8. The third kappa shape index (κ3) is 4.94. The van der Waals surface area contributed by atoms with Gasteiger partial charge in [-0.15, -0.1) is 5.10 Å². The van der Waals surface area contributed by atoms with Crippen LogP contribution in [0.5, 0.6) is 5.75 Å². The van der Waals surface area contributed by atoms with Crippen molar-refractivity contribution >= 4 is 34.4 Å². The number of carbonyl (C=O) groups excluding carboxylic acids is 3. The fourth-order valence-corrected chi connectivity index (χ4v) is 7.83. The largest absolute Gasteiger partial charge is 0.494 e. The Bertz CT molecular complexity index is 1580. The average Bonchev–Trinajstić information content (AvgIpc) is 3.78. The van der Waals surface area contributed by atoms with E-state index in [0.29, 0.717) is 49.2 Å². The second-order valence-electron chi connectivity index (χ2n) is 12.4. The number of para-hydroxylation sites is 1. The minimum absolute atomic E-state index is 0.0341. The molecule has 2 unspecified atom stereocenters. The Morgan fingerprint density at radius 1 is 1.11 bits per heavy atom. The lowest BCUT2D eigenvalue weighted by atomic mass is 9.65. The standard InChI is InChI=1S/C33H42N6O6/c1-5-20(4)25(18-40)39-28(30(42)34-19-38-24-11-9-8-10-23(24)36-37-38)33-17-16-32(6-2,45-33)26(27(33)31(39)43)29(41)35-21-12-14-22(15-13-21)44-7-3/h8-15,20,25-28,40H,5-7,16-19H2,1-4H3,(H,34,42)(H,35,41)/t20-,25-,26-,27-,28?,32+,33?/m0/s1. The molecule has 1 aromatic heterocycles. The topological polar surface area (TPSA) is 148 Å². The molecule has 4 heterocycles. The van der Waals surface area contributed by atoms with Crippen molar-refractivity contribution in [3.63, 3.8) is 0 Å². The van der Waals surface area contributed by atoms with Crippen LogP contribution in [0.15, 0.2) is 48.5 Å². The Hall–Kier alpha value is -4.03. The van der Waals surface area contributed by atoms with Crippen LogP contribution in [0.1, 0.15) is 53.4 Å². The SMILES string of the molecule is CCOc1ccc(NC(=O)[C@@H]2[C@H]3C(=O)N([C@@H](CO)[C@@H](C)CC)C(C(=O)NCn4nnc5ccccc54)C34CC[C@@]2(CC)O4)cc1. The van der Waals surface area contributed by atoms with Crippen molar-refractivity contribution in [3.8, 4) is 5.75 Å². The predicted molar refractivity (Wildman–Crippen MR) is 166 cm³/mol. The molecular weight excluding hydrogens is 576 g/mol. The van der Waals surface area contributed by atoms with Gasteiger partial charge in [0.05, 0.1) is 42.2 Å². The number of aromatic nitrogens is 3. The molecule has 3 saturated heterocycles. The third-order valence-corrected chi connectivity index (χ3v) is 10.3. The molecule has 6 rings (SSSR count). The van der Waals surface area contributed by atoms with Gasteiger partial charge in [0.25, 0.3) is 0 Å². The maximum atomic E-state index is 14.6. The first-order chi connectivity index (χ1) is 21.7. The smallest absolute Gasteiger partial charge is 0.247 e. The van der Waals surface area contributed by atoms with Crippen LogP contribution in [-0.4, -0.2) is 79.2 Å². The van der Waals surface area contributed by atoms with Crippen molar-refractivity contribution < 1.29 is 29.0 Å². The first-order valence-electron chi connectivity index (χ1n) is 16.0. The molecule has 45 heavy (non-hydrogen) atoms. The minimum Gasteiger partial charge on any atom is -0.494 e. The molecule has 12 heteroatoms. The molecule has 1 spiro atoms. The average molecular weight is 619 g/mol. The Labute approximate surface area is 262 Å². The fraction of sp³-hybridized carbons (Fsp3) is 0.545. The van der Waals surface area contributed by atoms with E-state index in [9.17, 15) is 19.5 Å². The van der Waals surface area contributed by atoms with Crippen molar-refractivity contribution in [1.82, 2.24) is 25.2 Å². The molecule has 3 N–H and O–H groups in total. The van der Waals surface area contributed by atoms with Gasteiger partial charge in [-0.3, -0.25) is 14.4 Å². The molecule has 2 aromatic carbocycles. The molecule has 2 bridgehead atoms. The highest BCUT2D eigenvalue weighted by molar-refractivity contribution is 6.02. The monoisotopic (exact) mass is 618 g/mol. The Morgan fingerprint density at radius 3 is 2.56 bits per heavy atom. The van der Waals surface area contributed by atoms with Crippen molar-refractivity contribution in [1.29, 1.82) is 0 Å². The van der Waals surface area contributed by atoms with E-state index >= 15 is 0 Å². The van der Waals surface area contributed by atoms with Crippen LogP contribution in [-0.2, 0) is 25.8 Å². The van der Waals surface area contributed by atoms with Crippen LogP contribution in [0.2, 0.25) is 0 Å². The summed E-state index contributed by atoms with van der Waals surface area (Å²) in [7, 11) is 0. The van der Waals surface area contributed by atoms with Crippen molar-refractivity contribution in [2.75, 3.05) is 18.5 Å². The highest BCUT2D eigenvalue weighted by Gasteiger charge is 2.79. The molecule has 0 aliphatic carbocycles.